The van der Waals surface area contributed by atoms with E-state index < -0.39 is 0 Å². The van der Waals surface area contributed by atoms with Crippen LogP contribution in [0.25, 0.3) is 10.8 Å². The minimum absolute atomic E-state index is 0.361. The Hall–Kier alpha value is -1.68. The zero-order chi connectivity index (χ0) is 14.8. The lowest BCUT2D eigenvalue weighted by Gasteiger charge is -2.35. The molecule has 1 aromatic heterocycles. The van der Waals surface area contributed by atoms with Crippen molar-refractivity contribution in [3.8, 4) is 0 Å². The van der Waals surface area contributed by atoms with E-state index in [1.54, 1.807) is 11.3 Å². The van der Waals surface area contributed by atoms with E-state index in [2.05, 4.69) is 69.5 Å². The van der Waals surface area contributed by atoms with Gasteiger partial charge in [0.15, 0.2) is 0 Å². The molecule has 0 bridgehead atoms. The molecule has 0 aliphatic carbocycles. The Kier molecular flexibility index (Phi) is 3.94. The van der Waals surface area contributed by atoms with Gasteiger partial charge in [-0.1, -0.05) is 42.5 Å². The molecule has 4 rings (SSSR count). The normalized spacial score (nSPS) is 17.6. The lowest BCUT2D eigenvalue weighted by Crippen LogP contribution is -2.45. The Bertz CT molecular complexity index is 740. The molecule has 112 valence electrons. The van der Waals surface area contributed by atoms with Gasteiger partial charge in [-0.05, 0) is 38.7 Å². The Morgan fingerprint density at radius 2 is 1.77 bits per heavy atom. The number of nitrogens with one attached hydrogen (secondary N) is 1. The average Bonchev–Trinajstić information content (AvgIpc) is 3.11. The molecular weight excluding hydrogens is 288 g/mol. The standard InChI is InChI=1S/C19H20N2S/c1-2-6-17-15(4-1)5-3-7-18(17)19(16-8-13-22-14-16)21-11-9-20-10-12-21/h1-8,13-14,19-20H,9-12H2. The van der Waals surface area contributed by atoms with Crippen LogP contribution in [-0.4, -0.2) is 31.1 Å². The lowest BCUT2D eigenvalue weighted by atomic mass is 9.93. The molecule has 2 aromatic carbocycles. The zero-order valence-corrected chi connectivity index (χ0v) is 13.4. The van der Waals surface area contributed by atoms with Gasteiger partial charge in [0.25, 0.3) is 0 Å². The van der Waals surface area contributed by atoms with Crippen LogP contribution in [-0.2, 0) is 0 Å². The second-order valence-corrected chi connectivity index (χ2v) is 6.59. The van der Waals surface area contributed by atoms with Crippen LogP contribution in [0.4, 0.5) is 0 Å². The number of benzene rings is 2. The third kappa shape index (κ3) is 2.56. The highest BCUT2D eigenvalue weighted by Gasteiger charge is 2.25. The topological polar surface area (TPSA) is 15.3 Å². The summed E-state index contributed by atoms with van der Waals surface area (Å²) >= 11 is 1.79. The number of rotatable bonds is 3. The molecule has 1 unspecified atom stereocenters. The third-order valence-corrected chi connectivity index (χ3v) is 5.20. The summed E-state index contributed by atoms with van der Waals surface area (Å²) in [6, 6.07) is 18.1. The van der Waals surface area contributed by atoms with E-state index in [1.165, 1.54) is 21.9 Å². The highest BCUT2D eigenvalue weighted by molar-refractivity contribution is 7.08. The van der Waals surface area contributed by atoms with E-state index >= 15 is 0 Å². The summed E-state index contributed by atoms with van der Waals surface area (Å²) in [6.07, 6.45) is 0. The summed E-state index contributed by atoms with van der Waals surface area (Å²) in [5.41, 5.74) is 2.85. The van der Waals surface area contributed by atoms with Gasteiger partial charge in [0.2, 0.25) is 0 Å². The van der Waals surface area contributed by atoms with Crippen LogP contribution >= 0.6 is 11.3 Å². The van der Waals surface area contributed by atoms with Crippen LogP contribution in [0.5, 0.6) is 0 Å². The molecule has 1 atom stereocenters. The molecule has 1 aliphatic heterocycles. The van der Waals surface area contributed by atoms with Crippen molar-refractivity contribution in [2.45, 2.75) is 6.04 Å². The van der Waals surface area contributed by atoms with E-state index in [4.69, 9.17) is 0 Å². The van der Waals surface area contributed by atoms with Crippen molar-refractivity contribution in [1.29, 1.82) is 0 Å². The van der Waals surface area contributed by atoms with E-state index in [9.17, 15) is 0 Å². The fraction of sp³-hybridized carbons (Fsp3) is 0.263. The van der Waals surface area contributed by atoms with Crippen molar-refractivity contribution in [3.05, 3.63) is 70.4 Å². The number of piperazine rings is 1. The predicted molar refractivity (Wildman–Crippen MR) is 94.6 cm³/mol. The summed E-state index contributed by atoms with van der Waals surface area (Å²) in [7, 11) is 0. The maximum absolute atomic E-state index is 3.46. The fourth-order valence-electron chi connectivity index (χ4n) is 3.45. The average molecular weight is 308 g/mol. The van der Waals surface area contributed by atoms with Gasteiger partial charge in [-0.2, -0.15) is 11.3 Å². The van der Waals surface area contributed by atoms with E-state index in [-0.39, 0.29) is 0 Å². The summed E-state index contributed by atoms with van der Waals surface area (Å²) in [6.45, 7) is 4.35. The number of hydrogen-bond acceptors (Lipinski definition) is 3. The van der Waals surface area contributed by atoms with Gasteiger partial charge in [-0.25, -0.2) is 0 Å². The van der Waals surface area contributed by atoms with Crippen LogP contribution in [0.2, 0.25) is 0 Å². The first-order valence-electron chi connectivity index (χ1n) is 7.88. The van der Waals surface area contributed by atoms with Crippen molar-refractivity contribution in [3.63, 3.8) is 0 Å². The Morgan fingerprint density at radius 1 is 0.955 bits per heavy atom. The summed E-state index contributed by atoms with van der Waals surface area (Å²) in [5.74, 6) is 0. The van der Waals surface area contributed by atoms with Gasteiger partial charge in [-0.3, -0.25) is 4.90 Å². The quantitative estimate of drug-likeness (QED) is 0.789. The maximum Gasteiger partial charge on any atom is 0.0616 e. The minimum Gasteiger partial charge on any atom is -0.314 e. The SMILES string of the molecule is c1ccc2c(C(c3ccsc3)N3CCNCC3)cccc2c1. The van der Waals surface area contributed by atoms with Gasteiger partial charge in [0.05, 0.1) is 6.04 Å². The summed E-state index contributed by atoms with van der Waals surface area (Å²) in [4.78, 5) is 2.61. The Labute approximate surface area is 135 Å². The molecule has 22 heavy (non-hydrogen) atoms. The lowest BCUT2D eigenvalue weighted by molar-refractivity contribution is 0.199. The van der Waals surface area contributed by atoms with Crippen molar-refractivity contribution >= 4 is 22.1 Å². The van der Waals surface area contributed by atoms with Crippen LogP contribution in [0.3, 0.4) is 0 Å². The first-order valence-corrected chi connectivity index (χ1v) is 8.82. The predicted octanol–water partition coefficient (Wildman–Crippen LogP) is 3.90. The first kappa shape index (κ1) is 13.9. The largest absolute Gasteiger partial charge is 0.314 e. The van der Waals surface area contributed by atoms with Crippen molar-refractivity contribution in [2.24, 2.45) is 0 Å². The molecule has 1 fully saturated rings. The van der Waals surface area contributed by atoms with E-state index in [0.717, 1.165) is 26.2 Å². The highest BCUT2D eigenvalue weighted by Crippen LogP contribution is 2.34. The molecule has 0 radical (unpaired) electrons. The number of nitrogens with zero attached hydrogens (tertiary/aromatic N) is 1. The maximum atomic E-state index is 3.46. The smallest absolute Gasteiger partial charge is 0.0616 e. The molecule has 1 N–H and O–H groups in total. The monoisotopic (exact) mass is 308 g/mol. The number of fused-ring (bicyclic) bond motifs is 1. The Balaban J connectivity index is 1.85. The number of thiophene rings is 1. The molecule has 0 amide bonds. The first-order chi connectivity index (χ1) is 10.9. The minimum atomic E-state index is 0.361. The van der Waals surface area contributed by atoms with E-state index in [1.807, 2.05) is 0 Å². The van der Waals surface area contributed by atoms with Crippen molar-refractivity contribution < 1.29 is 0 Å². The molecule has 0 spiro atoms. The van der Waals surface area contributed by atoms with Crippen molar-refractivity contribution in [1.82, 2.24) is 10.2 Å². The van der Waals surface area contributed by atoms with Gasteiger partial charge in [-0.15, -0.1) is 0 Å². The molecular formula is C19H20N2S. The van der Waals surface area contributed by atoms with Gasteiger partial charge in [0, 0.05) is 26.2 Å². The van der Waals surface area contributed by atoms with Crippen LogP contribution < -0.4 is 5.32 Å². The highest BCUT2D eigenvalue weighted by atomic mass is 32.1. The zero-order valence-electron chi connectivity index (χ0n) is 12.5. The number of hydrogen-bond donors (Lipinski definition) is 1. The second kappa shape index (κ2) is 6.21. The molecule has 1 saturated heterocycles. The van der Waals surface area contributed by atoms with Crippen LogP contribution in [0.1, 0.15) is 17.2 Å². The van der Waals surface area contributed by atoms with Crippen molar-refractivity contribution in [2.75, 3.05) is 26.2 Å². The summed E-state index contributed by atoms with van der Waals surface area (Å²) < 4.78 is 0. The summed E-state index contributed by atoms with van der Waals surface area (Å²) in [5, 5.41) is 10.7. The molecule has 1 aliphatic rings. The Morgan fingerprint density at radius 3 is 2.59 bits per heavy atom. The van der Waals surface area contributed by atoms with Gasteiger partial charge < -0.3 is 5.32 Å². The van der Waals surface area contributed by atoms with Crippen LogP contribution in [0, 0.1) is 0 Å². The van der Waals surface area contributed by atoms with Crippen LogP contribution in [0.15, 0.2) is 59.3 Å². The molecule has 3 heteroatoms. The van der Waals surface area contributed by atoms with Gasteiger partial charge >= 0.3 is 0 Å². The van der Waals surface area contributed by atoms with E-state index in [0.29, 0.717) is 6.04 Å². The molecule has 0 saturated carbocycles. The molecule has 3 aromatic rings. The molecule has 2 nitrogen and oxygen atoms in total. The second-order valence-electron chi connectivity index (χ2n) is 5.81. The fourth-order valence-corrected chi connectivity index (χ4v) is 4.13. The van der Waals surface area contributed by atoms with Gasteiger partial charge in [0.1, 0.15) is 0 Å². The molecule has 2 heterocycles. The third-order valence-electron chi connectivity index (χ3n) is 4.49.